The largest absolute Gasteiger partial charge is 0.309 e. The molecular weight excluding hydrogens is 1460 g/mol. The van der Waals surface area contributed by atoms with Crippen molar-refractivity contribution in [2.24, 2.45) is 0 Å². The summed E-state index contributed by atoms with van der Waals surface area (Å²) < 4.78 is 5.16. The lowest BCUT2D eigenvalue weighted by Crippen LogP contribution is -2.33. The fourth-order valence-corrected chi connectivity index (χ4v) is 21.3. The molecule has 0 N–H and O–H groups in total. The van der Waals surface area contributed by atoms with Gasteiger partial charge in [0.25, 0.3) is 0 Å². The predicted octanol–water partition coefficient (Wildman–Crippen LogP) is 26.9. The van der Waals surface area contributed by atoms with Gasteiger partial charge in [-0.05, 0) is 170 Å². The molecule has 4 aliphatic rings. The van der Waals surface area contributed by atoms with Gasteiger partial charge in [-0.2, -0.15) is 0 Å². The minimum atomic E-state index is -0.727. The fourth-order valence-electron chi connectivity index (χ4n) is 21.3. The predicted molar refractivity (Wildman–Crippen MR) is 488 cm³/mol. The topological polar surface area (TPSA) is 87.2 Å². The van der Waals surface area contributed by atoms with Crippen molar-refractivity contribution in [2.45, 2.75) is 10.8 Å². The third-order valence-corrected chi connectivity index (χ3v) is 26.2. The van der Waals surface area contributed by atoms with E-state index in [4.69, 9.17) is 29.9 Å². The molecular formula is C112H66N8. The van der Waals surface area contributed by atoms with Crippen molar-refractivity contribution in [1.29, 1.82) is 0 Å². The molecule has 1 atom stereocenters. The first-order chi connectivity index (χ1) is 59.5. The average molecular weight is 1520 g/mol. The van der Waals surface area contributed by atoms with Gasteiger partial charge in [-0.25, -0.2) is 29.9 Å². The Morgan fingerprint density at radius 2 is 0.583 bits per heavy atom. The summed E-state index contributed by atoms with van der Waals surface area (Å²) in [6.45, 7) is 0. The summed E-state index contributed by atoms with van der Waals surface area (Å²) in [5.41, 5.74) is 33.1. The van der Waals surface area contributed by atoms with Crippen molar-refractivity contribution < 1.29 is 0 Å². The zero-order valence-electron chi connectivity index (χ0n) is 64.7. The molecule has 8 heteroatoms. The summed E-state index contributed by atoms with van der Waals surface area (Å²) in [4.78, 5) is 31.4. The first kappa shape index (κ1) is 66.4. The van der Waals surface area contributed by atoms with Gasteiger partial charge in [-0.15, -0.1) is 0 Å². The minimum Gasteiger partial charge on any atom is -0.309 e. The molecule has 0 saturated carbocycles. The van der Waals surface area contributed by atoms with E-state index in [0.717, 1.165) is 99.6 Å². The number of aromatic nitrogens is 8. The lowest BCUT2D eigenvalue weighted by molar-refractivity contribution is 0.749. The monoisotopic (exact) mass is 1520 g/mol. The Balaban J connectivity index is 0.658. The summed E-state index contributed by atoms with van der Waals surface area (Å²) in [7, 11) is 0. The van der Waals surface area contributed by atoms with E-state index in [1.807, 2.05) is 72.8 Å². The molecule has 18 aromatic carbocycles. The van der Waals surface area contributed by atoms with Crippen molar-refractivity contribution in [1.82, 2.24) is 39.0 Å². The van der Waals surface area contributed by atoms with Gasteiger partial charge in [0.1, 0.15) is 0 Å². The zero-order valence-corrected chi connectivity index (χ0v) is 64.7. The van der Waals surface area contributed by atoms with E-state index in [-0.39, 0.29) is 0 Å². The third-order valence-electron chi connectivity index (χ3n) is 26.2. The van der Waals surface area contributed by atoms with E-state index in [1.165, 1.54) is 110 Å². The van der Waals surface area contributed by atoms with Crippen LogP contribution in [0.2, 0.25) is 0 Å². The second-order valence-corrected chi connectivity index (χ2v) is 32.2. The summed E-state index contributed by atoms with van der Waals surface area (Å²) >= 11 is 0. The Kier molecular flexibility index (Phi) is 14.0. The highest BCUT2D eigenvalue weighted by Gasteiger charge is 2.53. The number of hydrogen-bond donors (Lipinski definition) is 0. The Labute approximate surface area is 690 Å². The van der Waals surface area contributed by atoms with Gasteiger partial charge in [0.05, 0.1) is 44.3 Å². The van der Waals surface area contributed by atoms with Crippen molar-refractivity contribution in [3.8, 4) is 135 Å². The SMILES string of the molecule is c1ccc(-c2nc(-c3ccccc3)nc(-c3cc(-c4ccc5c(c4)C4(c6ccccc6-c6ccccc64)c4cccc6c7cc(-c8cccc9c8-c8ccccc8C98c9ccc(-c%10cccc%11c(-c%12nc(-c%13ccccc%13)nc(-c%13ccccc%13)n%12)cccc%10%11)cc9-n9c%10ccccc%10c%10cccc8c%109)ccc7n-5c46)cc4ccccc34)n2)cc1. The maximum absolute atomic E-state index is 5.34. The number of nitrogens with zero attached hydrogens (tertiary/aromatic N) is 8. The molecule has 554 valence electrons. The third kappa shape index (κ3) is 9.24. The first-order valence-corrected chi connectivity index (χ1v) is 41.1. The molecule has 6 heterocycles. The molecule has 1 unspecified atom stereocenters. The highest BCUT2D eigenvalue weighted by atomic mass is 15.1. The minimum absolute atomic E-state index is 0.617. The number of hydrogen-bond acceptors (Lipinski definition) is 6. The molecule has 2 aliphatic heterocycles. The molecule has 0 radical (unpaired) electrons. The average Bonchev–Trinajstić information content (AvgIpc) is 1.50. The van der Waals surface area contributed by atoms with Crippen molar-refractivity contribution in [3.63, 3.8) is 0 Å². The molecule has 0 amide bonds. The molecule has 2 aliphatic carbocycles. The first-order valence-electron chi connectivity index (χ1n) is 41.1. The molecule has 22 aromatic rings. The van der Waals surface area contributed by atoms with Crippen LogP contribution in [-0.2, 0) is 10.8 Å². The number of benzene rings is 18. The Morgan fingerprint density at radius 3 is 1.22 bits per heavy atom. The van der Waals surface area contributed by atoms with Crippen LogP contribution in [0.25, 0.3) is 200 Å². The molecule has 4 aromatic heterocycles. The molecule has 26 rings (SSSR count). The van der Waals surface area contributed by atoms with Crippen LogP contribution in [-0.4, -0.2) is 39.0 Å². The van der Waals surface area contributed by atoms with Gasteiger partial charge in [0, 0.05) is 54.9 Å². The van der Waals surface area contributed by atoms with E-state index in [9.17, 15) is 0 Å². The Morgan fingerprint density at radius 1 is 0.175 bits per heavy atom. The quantitative estimate of drug-likeness (QED) is 0.143. The van der Waals surface area contributed by atoms with Gasteiger partial charge in [-0.3, -0.25) is 0 Å². The standard InChI is InChI=1S/C112H66N8/c1-5-28-67(29-6-1)105-113-106(68-30-7-2-8-31-68)116-109(115-105)86-48-24-44-79-76(42-23-45-80(79)86)74-56-59-93-101(66-74)120-98-55-22-18-40-83(98)84-46-26-54-96(103(84)120)112(93)92-51-21-17-41-87(92)102-78(43-25-52-94(102)112)73-58-60-99-88(63-73)85-47-27-53-95-104(85)119(99)100-61-57-71(65-97(100)111(95)90-49-19-15-38-81(90)82-39-16-20-50-91(82)111)75-62-72-36-13-14-37-77(72)89(64-75)110-117-107(69-32-9-3-10-33-69)114-108(118-110)70-34-11-4-12-35-70/h1-66H. The highest BCUT2D eigenvalue weighted by molar-refractivity contribution is 6.17. The van der Waals surface area contributed by atoms with Crippen LogP contribution in [0.5, 0.6) is 0 Å². The number of rotatable bonds is 9. The van der Waals surface area contributed by atoms with Gasteiger partial charge < -0.3 is 9.13 Å². The second kappa shape index (κ2) is 25.3. The van der Waals surface area contributed by atoms with E-state index in [2.05, 4.69) is 337 Å². The number of para-hydroxylation sites is 3. The van der Waals surface area contributed by atoms with Crippen LogP contribution in [0.3, 0.4) is 0 Å². The highest BCUT2D eigenvalue weighted by Crippen LogP contribution is 2.65. The molecule has 120 heavy (non-hydrogen) atoms. The number of fused-ring (bicyclic) bond motifs is 26. The van der Waals surface area contributed by atoms with Crippen molar-refractivity contribution in [2.75, 3.05) is 0 Å². The van der Waals surface area contributed by atoms with E-state index in [0.29, 0.717) is 34.9 Å². The summed E-state index contributed by atoms with van der Waals surface area (Å²) in [5, 5.41) is 9.20. The molecule has 0 bridgehead atoms. The van der Waals surface area contributed by atoms with Crippen LogP contribution in [0, 0.1) is 0 Å². The van der Waals surface area contributed by atoms with Crippen LogP contribution in [0.1, 0.15) is 44.5 Å². The molecule has 2 spiro atoms. The van der Waals surface area contributed by atoms with Crippen molar-refractivity contribution in [3.05, 3.63) is 445 Å². The van der Waals surface area contributed by atoms with Gasteiger partial charge >= 0.3 is 0 Å². The Hall–Kier alpha value is -15.9. The summed E-state index contributed by atoms with van der Waals surface area (Å²) in [6, 6.07) is 147. The van der Waals surface area contributed by atoms with Crippen LogP contribution >= 0.6 is 0 Å². The van der Waals surface area contributed by atoms with Gasteiger partial charge in [-0.1, -0.05) is 352 Å². The lowest BCUT2D eigenvalue weighted by atomic mass is 9.65. The van der Waals surface area contributed by atoms with Gasteiger partial charge in [0.2, 0.25) is 0 Å². The summed E-state index contributed by atoms with van der Waals surface area (Å²) in [6.07, 6.45) is 0. The van der Waals surface area contributed by atoms with Crippen LogP contribution < -0.4 is 0 Å². The molecule has 8 nitrogen and oxygen atoms in total. The van der Waals surface area contributed by atoms with Gasteiger partial charge in [0.15, 0.2) is 34.9 Å². The lowest BCUT2D eigenvalue weighted by Gasteiger charge is -2.40. The van der Waals surface area contributed by atoms with E-state index < -0.39 is 10.8 Å². The van der Waals surface area contributed by atoms with E-state index >= 15 is 0 Å². The smallest absolute Gasteiger partial charge is 0.164 e. The Bertz CT molecular complexity index is 8010. The fraction of sp³-hybridized carbons (Fsp3) is 0.0179. The second-order valence-electron chi connectivity index (χ2n) is 32.2. The van der Waals surface area contributed by atoms with Crippen LogP contribution in [0.15, 0.2) is 400 Å². The zero-order chi connectivity index (χ0) is 78.5. The van der Waals surface area contributed by atoms with E-state index in [1.54, 1.807) is 0 Å². The van der Waals surface area contributed by atoms with Crippen molar-refractivity contribution >= 4 is 65.2 Å². The molecule has 0 fully saturated rings. The maximum atomic E-state index is 5.34. The normalized spacial score (nSPS) is 14.1. The maximum Gasteiger partial charge on any atom is 0.164 e. The summed E-state index contributed by atoms with van der Waals surface area (Å²) in [5.74, 6) is 3.75. The van der Waals surface area contributed by atoms with Crippen LogP contribution in [0.4, 0.5) is 0 Å². The molecule has 0 saturated heterocycles.